The monoisotopic (exact) mass is 695 g/mol. The predicted octanol–water partition coefficient (Wildman–Crippen LogP) is -0.488. The summed E-state index contributed by atoms with van der Waals surface area (Å²) in [6, 6.07) is 3.77. The number of hydrogen-bond acceptors (Lipinski definition) is 13. The Kier molecular flexibility index (Phi) is 8.58. The van der Waals surface area contributed by atoms with Crippen LogP contribution in [0.4, 0.5) is 0 Å². The molecule has 8 atom stereocenters. The first-order valence-electron chi connectivity index (χ1n) is 14.5. The standard InChI is InChI=1S/C29H33N3O13S2/c1-13(33)43-12-29(5)21(31-16(34)11-17(31)47(29,41)42)27(40)45-14(2)44-26(39)20-28(3,4)46-24-19(23(36)32(20)24)30-22(35)18(25(37)38)15-9-7-6-8-10-15/h6-10,14,17-21,24H,11-12H2,1-5H3,(H,30,35)(H,37,38)/t14?,17-,18?,19+,20-,21-,24+,29-/m0/s1. The van der Waals surface area contributed by atoms with Gasteiger partial charge in [-0.1, -0.05) is 30.3 Å². The summed E-state index contributed by atoms with van der Waals surface area (Å²) in [5, 5.41) is 10.1. The second kappa shape index (κ2) is 11.8. The van der Waals surface area contributed by atoms with E-state index in [1.165, 1.54) is 42.6 Å². The van der Waals surface area contributed by atoms with E-state index >= 15 is 0 Å². The van der Waals surface area contributed by atoms with E-state index in [9.17, 15) is 47.1 Å². The minimum atomic E-state index is -4.18. The molecule has 1 aromatic carbocycles. The van der Waals surface area contributed by atoms with Crippen molar-refractivity contribution < 1.29 is 61.3 Å². The maximum Gasteiger partial charge on any atom is 0.333 e. The number of nitrogens with one attached hydrogen (secondary N) is 1. The van der Waals surface area contributed by atoms with Crippen LogP contribution < -0.4 is 5.32 Å². The maximum absolute atomic E-state index is 13.4. The SMILES string of the molecule is CC(=O)OC[C@@]1(C)[C@H](C(=O)OC(C)OC(=O)[C@@H]2N3C(=O)[C@@H](NC(=O)C(C(=O)O)c4ccccc4)[C@H]3SC2(C)C)N2C(=O)C[C@@H]2S1(=O)=O. The summed E-state index contributed by atoms with van der Waals surface area (Å²) < 4.78 is 39.1. The number of carbonyl (C=O) groups is 7. The van der Waals surface area contributed by atoms with Gasteiger partial charge in [0.2, 0.25) is 24.0 Å². The highest BCUT2D eigenvalue weighted by Gasteiger charge is 2.71. The minimum Gasteiger partial charge on any atom is -0.480 e. The van der Waals surface area contributed by atoms with Gasteiger partial charge in [-0.05, 0) is 26.3 Å². The Hall–Kier alpha value is -4.19. The number of nitrogens with zero attached hydrogens (tertiary/aromatic N) is 2. The Morgan fingerprint density at radius 3 is 2.17 bits per heavy atom. The fourth-order valence-electron chi connectivity index (χ4n) is 6.39. The highest BCUT2D eigenvalue weighted by Crippen LogP contribution is 2.51. The molecule has 0 radical (unpaired) electrons. The van der Waals surface area contributed by atoms with E-state index in [-0.39, 0.29) is 12.0 Å². The Balaban J connectivity index is 1.26. The molecular formula is C29H33N3O13S2. The lowest BCUT2D eigenvalue weighted by atomic mass is 9.94. The van der Waals surface area contributed by atoms with Gasteiger partial charge in [0.1, 0.15) is 34.2 Å². The Morgan fingerprint density at radius 1 is 1.02 bits per heavy atom. The van der Waals surface area contributed by atoms with Gasteiger partial charge in [-0.15, -0.1) is 11.8 Å². The van der Waals surface area contributed by atoms with Gasteiger partial charge in [-0.2, -0.15) is 0 Å². The molecule has 2 unspecified atom stereocenters. The van der Waals surface area contributed by atoms with Gasteiger partial charge in [0.25, 0.3) is 0 Å². The summed E-state index contributed by atoms with van der Waals surface area (Å²) in [5.74, 6) is -8.11. The first kappa shape index (κ1) is 34.2. The first-order valence-corrected chi connectivity index (χ1v) is 16.9. The van der Waals surface area contributed by atoms with Gasteiger partial charge >= 0.3 is 23.9 Å². The summed E-state index contributed by atoms with van der Waals surface area (Å²) in [4.78, 5) is 90.7. The topological polar surface area (TPSA) is 220 Å². The van der Waals surface area contributed by atoms with Gasteiger partial charge < -0.3 is 34.4 Å². The number of carboxylic acid groups (broad SMARTS) is 1. The van der Waals surface area contributed by atoms with E-state index in [2.05, 4.69) is 5.32 Å². The molecule has 2 N–H and O–H groups in total. The lowest BCUT2D eigenvalue weighted by molar-refractivity contribution is -0.196. The lowest BCUT2D eigenvalue weighted by Gasteiger charge is -2.44. The van der Waals surface area contributed by atoms with Crippen LogP contribution in [0.3, 0.4) is 0 Å². The fraction of sp³-hybridized carbons (Fsp3) is 0.552. The number of carboxylic acids is 1. The zero-order valence-corrected chi connectivity index (χ0v) is 27.5. The van der Waals surface area contributed by atoms with E-state index in [1.807, 2.05) is 0 Å². The van der Waals surface area contributed by atoms with Crippen LogP contribution in [0.15, 0.2) is 30.3 Å². The largest absolute Gasteiger partial charge is 0.480 e. The van der Waals surface area contributed by atoms with Crippen LogP contribution >= 0.6 is 11.8 Å². The van der Waals surface area contributed by atoms with Crippen molar-refractivity contribution in [1.29, 1.82) is 0 Å². The fourth-order valence-corrected chi connectivity index (χ4v) is 10.3. The van der Waals surface area contributed by atoms with E-state index in [0.29, 0.717) is 0 Å². The Bertz CT molecular complexity index is 1670. The molecule has 254 valence electrons. The van der Waals surface area contributed by atoms with Crippen molar-refractivity contribution in [2.75, 3.05) is 6.61 Å². The molecule has 47 heavy (non-hydrogen) atoms. The molecule has 0 spiro atoms. The molecule has 3 amide bonds. The minimum absolute atomic E-state index is 0.224. The molecule has 18 heteroatoms. The number of sulfone groups is 1. The van der Waals surface area contributed by atoms with Crippen molar-refractivity contribution in [1.82, 2.24) is 15.1 Å². The number of aliphatic carboxylic acids is 1. The lowest BCUT2D eigenvalue weighted by Crippen LogP contribution is -2.71. The van der Waals surface area contributed by atoms with Crippen molar-refractivity contribution in [2.24, 2.45) is 0 Å². The van der Waals surface area contributed by atoms with Crippen molar-refractivity contribution in [2.45, 2.75) is 91.6 Å². The number of hydrogen-bond donors (Lipinski definition) is 2. The third kappa shape index (κ3) is 5.50. The molecule has 1 aromatic rings. The van der Waals surface area contributed by atoms with Crippen LogP contribution in [-0.2, 0) is 57.6 Å². The zero-order valence-electron chi connectivity index (χ0n) is 25.9. The number of benzene rings is 1. The number of β-lactam (4-membered cyclic amide) rings is 2. The van der Waals surface area contributed by atoms with E-state index in [0.717, 1.165) is 11.8 Å². The average molecular weight is 696 g/mol. The molecule has 4 saturated heterocycles. The molecule has 0 aliphatic carbocycles. The van der Waals surface area contributed by atoms with Crippen LogP contribution in [0.2, 0.25) is 0 Å². The molecule has 0 saturated carbocycles. The van der Waals surface area contributed by atoms with Crippen LogP contribution in [0.1, 0.15) is 52.5 Å². The van der Waals surface area contributed by atoms with Gasteiger partial charge in [-0.25, -0.2) is 18.0 Å². The summed E-state index contributed by atoms with van der Waals surface area (Å²) in [6.07, 6.45) is -1.95. The summed E-state index contributed by atoms with van der Waals surface area (Å²) in [6.45, 7) is 6.02. The molecule has 4 aliphatic rings. The van der Waals surface area contributed by atoms with E-state index in [1.54, 1.807) is 32.0 Å². The highest BCUT2D eigenvalue weighted by molar-refractivity contribution is 8.01. The van der Waals surface area contributed by atoms with Crippen molar-refractivity contribution in [3.63, 3.8) is 0 Å². The summed E-state index contributed by atoms with van der Waals surface area (Å²) in [7, 11) is -4.18. The maximum atomic E-state index is 13.4. The summed E-state index contributed by atoms with van der Waals surface area (Å²) in [5.41, 5.74) is 0.224. The molecule has 0 aromatic heterocycles. The molecule has 4 fully saturated rings. The average Bonchev–Trinajstić information content (AvgIpc) is 3.30. The Morgan fingerprint density at radius 2 is 1.62 bits per heavy atom. The van der Waals surface area contributed by atoms with Gasteiger partial charge in [-0.3, -0.25) is 24.0 Å². The number of esters is 3. The molecule has 16 nitrogen and oxygen atoms in total. The Labute approximate surface area is 273 Å². The molecular weight excluding hydrogens is 662 g/mol. The normalized spacial score (nSPS) is 30.9. The van der Waals surface area contributed by atoms with Gasteiger partial charge in [0.05, 0.1) is 6.42 Å². The number of thioether (sulfide) groups is 1. The number of rotatable bonds is 10. The van der Waals surface area contributed by atoms with E-state index in [4.69, 9.17) is 14.2 Å². The summed E-state index contributed by atoms with van der Waals surface area (Å²) >= 11 is 1.18. The second-order valence-corrected chi connectivity index (χ2v) is 16.7. The van der Waals surface area contributed by atoms with Crippen LogP contribution in [-0.4, -0.2) is 116 Å². The highest BCUT2D eigenvalue weighted by atomic mass is 32.2. The second-order valence-electron chi connectivity index (χ2n) is 12.4. The third-order valence-electron chi connectivity index (χ3n) is 8.77. The first-order chi connectivity index (χ1) is 21.8. The quantitative estimate of drug-likeness (QED) is 0.137. The van der Waals surface area contributed by atoms with Gasteiger partial charge in [0.15, 0.2) is 21.8 Å². The predicted molar refractivity (Wildman–Crippen MR) is 159 cm³/mol. The molecule has 4 aliphatic heterocycles. The van der Waals surface area contributed by atoms with Crippen molar-refractivity contribution in [3.05, 3.63) is 35.9 Å². The number of fused-ring (bicyclic) bond motifs is 2. The molecule has 5 rings (SSSR count). The number of carbonyl (C=O) groups excluding carboxylic acids is 6. The number of amides is 3. The van der Waals surface area contributed by atoms with Gasteiger partial charge in [0, 0.05) is 18.6 Å². The molecule has 4 heterocycles. The van der Waals surface area contributed by atoms with Crippen LogP contribution in [0, 0.1) is 0 Å². The van der Waals surface area contributed by atoms with E-state index < -0.39 is 109 Å². The third-order valence-corrected chi connectivity index (χ3v) is 13.1. The van der Waals surface area contributed by atoms with Crippen molar-refractivity contribution in [3.8, 4) is 0 Å². The van der Waals surface area contributed by atoms with Crippen LogP contribution in [0.25, 0.3) is 0 Å². The van der Waals surface area contributed by atoms with Crippen molar-refractivity contribution >= 4 is 63.2 Å². The molecule has 0 bridgehead atoms. The van der Waals surface area contributed by atoms with Crippen LogP contribution in [0.5, 0.6) is 0 Å². The zero-order chi connectivity index (χ0) is 34.8. The smallest absolute Gasteiger partial charge is 0.333 e. The number of ether oxygens (including phenoxy) is 3.